The van der Waals surface area contributed by atoms with Crippen LogP contribution in [0, 0.1) is 13.8 Å². The van der Waals surface area contributed by atoms with E-state index in [9.17, 15) is 0 Å². The third kappa shape index (κ3) is 2.47. The normalized spacial score (nSPS) is 10.8. The van der Waals surface area contributed by atoms with E-state index in [2.05, 4.69) is 10.5 Å². The molecule has 0 saturated heterocycles. The predicted octanol–water partition coefficient (Wildman–Crippen LogP) is 2.17. The minimum absolute atomic E-state index is 0.708. The topological polar surface area (TPSA) is 51.2 Å². The Morgan fingerprint density at radius 3 is 2.80 bits per heavy atom. The van der Waals surface area contributed by atoms with E-state index < -0.39 is 0 Å². The fraction of sp³-hybridized carbons (Fsp3) is 0.364. The molecule has 15 heavy (non-hydrogen) atoms. The molecular weight excluding hydrogens is 192 g/mol. The number of nitrogens with zero attached hydrogens (tertiary/aromatic N) is 1. The van der Waals surface area contributed by atoms with Gasteiger partial charge >= 0.3 is 0 Å². The third-order valence-corrected chi connectivity index (χ3v) is 2.26. The van der Waals surface area contributed by atoms with Crippen molar-refractivity contribution in [3.05, 3.63) is 41.2 Å². The van der Waals surface area contributed by atoms with E-state index in [0.717, 1.165) is 23.8 Å². The van der Waals surface area contributed by atoms with Crippen molar-refractivity contribution in [2.75, 3.05) is 0 Å². The first-order valence-corrected chi connectivity index (χ1v) is 4.91. The zero-order valence-electron chi connectivity index (χ0n) is 8.91. The molecule has 0 aliphatic carbocycles. The highest BCUT2D eigenvalue weighted by Crippen LogP contribution is 2.13. The molecular formula is C11H14N2O2. The minimum atomic E-state index is 0.708. The summed E-state index contributed by atoms with van der Waals surface area (Å²) >= 11 is 0. The lowest BCUT2D eigenvalue weighted by Crippen LogP contribution is -2.12. The van der Waals surface area contributed by atoms with Crippen LogP contribution in [0.1, 0.15) is 22.8 Å². The molecule has 2 heterocycles. The summed E-state index contributed by atoms with van der Waals surface area (Å²) in [5.74, 6) is 1.92. The van der Waals surface area contributed by atoms with E-state index in [0.29, 0.717) is 6.54 Å². The van der Waals surface area contributed by atoms with Gasteiger partial charge in [-0.1, -0.05) is 5.16 Å². The van der Waals surface area contributed by atoms with Crippen molar-refractivity contribution in [2.45, 2.75) is 26.9 Å². The molecule has 1 N–H and O–H groups in total. The molecule has 4 heteroatoms. The Morgan fingerprint density at radius 2 is 2.20 bits per heavy atom. The SMILES string of the molecule is Cc1cc(CNCc2ccon2)c(C)o1. The molecule has 0 atom stereocenters. The molecule has 0 aliphatic rings. The maximum atomic E-state index is 5.43. The summed E-state index contributed by atoms with van der Waals surface area (Å²) in [6, 6.07) is 3.89. The number of rotatable bonds is 4. The predicted molar refractivity (Wildman–Crippen MR) is 55.2 cm³/mol. The fourth-order valence-corrected chi connectivity index (χ4v) is 1.51. The Balaban J connectivity index is 1.86. The average molecular weight is 206 g/mol. The molecule has 80 valence electrons. The molecule has 0 amide bonds. The molecule has 0 unspecified atom stereocenters. The Hall–Kier alpha value is -1.55. The van der Waals surface area contributed by atoms with Gasteiger partial charge in [0.2, 0.25) is 0 Å². The minimum Gasteiger partial charge on any atom is -0.466 e. The lowest BCUT2D eigenvalue weighted by Gasteiger charge is -2.00. The van der Waals surface area contributed by atoms with Crippen LogP contribution in [0.15, 0.2) is 27.3 Å². The molecule has 0 fully saturated rings. The smallest absolute Gasteiger partial charge is 0.124 e. The number of aromatic nitrogens is 1. The van der Waals surface area contributed by atoms with Gasteiger partial charge in [0, 0.05) is 24.7 Å². The molecule has 2 aromatic rings. The van der Waals surface area contributed by atoms with Crippen molar-refractivity contribution in [3.63, 3.8) is 0 Å². The maximum Gasteiger partial charge on any atom is 0.124 e. The van der Waals surface area contributed by atoms with Crippen molar-refractivity contribution in [2.24, 2.45) is 0 Å². The van der Waals surface area contributed by atoms with E-state index in [1.165, 1.54) is 5.56 Å². The second-order valence-electron chi connectivity index (χ2n) is 3.53. The fourth-order valence-electron chi connectivity index (χ4n) is 1.51. The monoisotopic (exact) mass is 206 g/mol. The van der Waals surface area contributed by atoms with Gasteiger partial charge in [0.1, 0.15) is 17.8 Å². The van der Waals surface area contributed by atoms with E-state index in [4.69, 9.17) is 8.94 Å². The largest absolute Gasteiger partial charge is 0.466 e. The van der Waals surface area contributed by atoms with Crippen molar-refractivity contribution in [1.29, 1.82) is 0 Å². The second-order valence-corrected chi connectivity index (χ2v) is 3.53. The molecule has 0 bridgehead atoms. The summed E-state index contributed by atoms with van der Waals surface area (Å²) in [5, 5.41) is 7.09. The second kappa shape index (κ2) is 4.31. The van der Waals surface area contributed by atoms with E-state index in [-0.39, 0.29) is 0 Å². The highest BCUT2D eigenvalue weighted by Gasteiger charge is 2.04. The molecule has 0 radical (unpaired) electrons. The van der Waals surface area contributed by atoms with Crippen LogP contribution >= 0.6 is 0 Å². The van der Waals surface area contributed by atoms with Gasteiger partial charge in [-0.15, -0.1) is 0 Å². The van der Waals surface area contributed by atoms with Gasteiger partial charge in [0.15, 0.2) is 0 Å². The molecule has 0 saturated carbocycles. The number of aryl methyl sites for hydroxylation is 2. The highest BCUT2D eigenvalue weighted by atomic mass is 16.5. The van der Waals surface area contributed by atoms with Crippen LogP contribution in [0.3, 0.4) is 0 Å². The van der Waals surface area contributed by atoms with Crippen molar-refractivity contribution < 1.29 is 8.94 Å². The van der Waals surface area contributed by atoms with Gasteiger partial charge < -0.3 is 14.3 Å². The number of hydrogen-bond acceptors (Lipinski definition) is 4. The molecule has 2 aromatic heterocycles. The Kier molecular flexibility index (Phi) is 2.87. The van der Waals surface area contributed by atoms with Gasteiger partial charge in [-0.3, -0.25) is 0 Å². The zero-order valence-corrected chi connectivity index (χ0v) is 8.91. The summed E-state index contributed by atoms with van der Waals surface area (Å²) in [5.41, 5.74) is 2.10. The molecule has 0 spiro atoms. The molecule has 2 rings (SSSR count). The van der Waals surface area contributed by atoms with Crippen molar-refractivity contribution in [1.82, 2.24) is 10.5 Å². The average Bonchev–Trinajstić information content (AvgIpc) is 2.77. The van der Waals surface area contributed by atoms with Crippen LogP contribution in [0.5, 0.6) is 0 Å². The Bertz CT molecular complexity index is 418. The number of furan rings is 1. The quantitative estimate of drug-likeness (QED) is 0.833. The Morgan fingerprint density at radius 1 is 1.33 bits per heavy atom. The lowest BCUT2D eigenvalue weighted by molar-refractivity contribution is 0.408. The summed E-state index contributed by atoms with van der Waals surface area (Å²) in [6.07, 6.45) is 1.57. The van der Waals surface area contributed by atoms with Gasteiger partial charge in [0.05, 0.1) is 5.69 Å². The van der Waals surface area contributed by atoms with Gasteiger partial charge in [-0.2, -0.15) is 0 Å². The summed E-state index contributed by atoms with van der Waals surface area (Å²) in [7, 11) is 0. The summed E-state index contributed by atoms with van der Waals surface area (Å²) in [4.78, 5) is 0. The standard InChI is InChI=1S/C11H14N2O2/c1-8-5-10(9(2)15-8)6-12-7-11-3-4-14-13-11/h3-5,12H,6-7H2,1-2H3. The van der Waals surface area contributed by atoms with Crippen LogP contribution in [0.2, 0.25) is 0 Å². The maximum absolute atomic E-state index is 5.43. The van der Waals surface area contributed by atoms with Crippen LogP contribution in [-0.2, 0) is 13.1 Å². The summed E-state index contributed by atoms with van der Waals surface area (Å²) < 4.78 is 10.2. The zero-order chi connectivity index (χ0) is 10.7. The number of hydrogen-bond donors (Lipinski definition) is 1. The highest BCUT2D eigenvalue weighted by molar-refractivity contribution is 5.19. The van der Waals surface area contributed by atoms with Crippen molar-refractivity contribution in [3.8, 4) is 0 Å². The first-order valence-electron chi connectivity index (χ1n) is 4.91. The van der Waals surface area contributed by atoms with Gasteiger partial charge in [0.25, 0.3) is 0 Å². The van der Waals surface area contributed by atoms with Crippen molar-refractivity contribution >= 4 is 0 Å². The van der Waals surface area contributed by atoms with E-state index in [1.807, 2.05) is 26.0 Å². The first-order chi connectivity index (χ1) is 7.25. The van der Waals surface area contributed by atoms with Crippen LogP contribution in [0.4, 0.5) is 0 Å². The van der Waals surface area contributed by atoms with Gasteiger partial charge in [-0.05, 0) is 19.9 Å². The van der Waals surface area contributed by atoms with Gasteiger partial charge in [-0.25, -0.2) is 0 Å². The third-order valence-electron chi connectivity index (χ3n) is 2.26. The number of nitrogens with one attached hydrogen (secondary N) is 1. The van der Waals surface area contributed by atoms with Crippen LogP contribution in [-0.4, -0.2) is 5.16 Å². The summed E-state index contributed by atoms with van der Waals surface area (Å²) in [6.45, 7) is 5.42. The first kappa shape index (κ1) is 9.98. The molecule has 0 aliphatic heterocycles. The van der Waals surface area contributed by atoms with Crippen LogP contribution in [0.25, 0.3) is 0 Å². The lowest BCUT2D eigenvalue weighted by atomic mass is 10.2. The Labute approximate surface area is 88.3 Å². The molecule has 0 aromatic carbocycles. The van der Waals surface area contributed by atoms with E-state index in [1.54, 1.807) is 6.26 Å². The van der Waals surface area contributed by atoms with Crippen LogP contribution < -0.4 is 5.32 Å². The van der Waals surface area contributed by atoms with E-state index >= 15 is 0 Å². The molecule has 4 nitrogen and oxygen atoms in total.